The van der Waals surface area contributed by atoms with Crippen LogP contribution in [-0.2, 0) is 5.41 Å². The first-order chi connectivity index (χ1) is 9.25. The van der Waals surface area contributed by atoms with Crippen molar-refractivity contribution in [2.24, 2.45) is 0 Å². The topological polar surface area (TPSA) is 65.5 Å². The Bertz CT molecular complexity index is 467. The van der Waals surface area contributed by atoms with Gasteiger partial charge >= 0.3 is 5.97 Å². The number of carboxylic acids is 1. The maximum absolute atomic E-state index is 11.3. The lowest BCUT2D eigenvalue weighted by molar-refractivity contribution is 0.0696. The number of hydrogen-bond donors (Lipinski definition) is 2. The van der Waals surface area contributed by atoms with Crippen molar-refractivity contribution in [3.05, 3.63) is 23.4 Å². The van der Waals surface area contributed by atoms with E-state index in [0.29, 0.717) is 11.4 Å². The smallest absolute Gasteiger partial charge is 0.335 e. The Morgan fingerprint density at radius 3 is 2.55 bits per heavy atom. The summed E-state index contributed by atoms with van der Waals surface area (Å²) in [7, 11) is 3.86. The molecule has 0 aliphatic carbocycles. The summed E-state index contributed by atoms with van der Waals surface area (Å²) in [4.78, 5) is 17.9. The van der Waals surface area contributed by atoms with Gasteiger partial charge in [0.15, 0.2) is 0 Å². The third-order valence-electron chi connectivity index (χ3n) is 3.14. The van der Waals surface area contributed by atoms with Crippen molar-refractivity contribution < 1.29 is 9.90 Å². The minimum Gasteiger partial charge on any atom is -0.478 e. The van der Waals surface area contributed by atoms with Crippen molar-refractivity contribution in [2.75, 3.05) is 32.1 Å². The van der Waals surface area contributed by atoms with E-state index in [0.717, 1.165) is 25.2 Å². The second-order valence-corrected chi connectivity index (χ2v) is 6.03. The van der Waals surface area contributed by atoms with Gasteiger partial charge in [-0.2, -0.15) is 0 Å². The van der Waals surface area contributed by atoms with Gasteiger partial charge in [-0.1, -0.05) is 20.8 Å². The zero-order valence-corrected chi connectivity index (χ0v) is 13.0. The molecule has 20 heavy (non-hydrogen) atoms. The average Bonchev–Trinajstić information content (AvgIpc) is 2.37. The number of pyridine rings is 1. The van der Waals surface area contributed by atoms with Gasteiger partial charge in [-0.15, -0.1) is 0 Å². The van der Waals surface area contributed by atoms with Crippen LogP contribution in [0.25, 0.3) is 0 Å². The lowest BCUT2D eigenvalue weighted by Gasteiger charge is -2.23. The van der Waals surface area contributed by atoms with Crippen molar-refractivity contribution in [3.63, 3.8) is 0 Å². The predicted molar refractivity (Wildman–Crippen MR) is 81.7 cm³/mol. The van der Waals surface area contributed by atoms with Gasteiger partial charge in [0.2, 0.25) is 0 Å². The van der Waals surface area contributed by atoms with Crippen molar-refractivity contribution in [2.45, 2.75) is 32.6 Å². The fourth-order valence-corrected chi connectivity index (χ4v) is 1.83. The van der Waals surface area contributed by atoms with Gasteiger partial charge in [-0.05, 0) is 32.1 Å². The van der Waals surface area contributed by atoms with Crippen molar-refractivity contribution in [1.29, 1.82) is 0 Å². The van der Waals surface area contributed by atoms with Crippen molar-refractivity contribution in [3.8, 4) is 0 Å². The third kappa shape index (κ3) is 4.49. The number of aromatic nitrogens is 1. The Morgan fingerprint density at radius 2 is 2.05 bits per heavy atom. The SMILES string of the molecule is CNCCCN(C)c1cc(C(=O)O)cc(C(C)(C)C)n1. The first kappa shape index (κ1) is 16.4. The molecule has 0 bridgehead atoms. The highest BCUT2D eigenvalue weighted by Gasteiger charge is 2.20. The van der Waals surface area contributed by atoms with Gasteiger partial charge in [0.1, 0.15) is 5.82 Å². The summed E-state index contributed by atoms with van der Waals surface area (Å²) in [6, 6.07) is 3.30. The quantitative estimate of drug-likeness (QED) is 0.781. The summed E-state index contributed by atoms with van der Waals surface area (Å²) in [5.74, 6) is -0.200. The fourth-order valence-electron chi connectivity index (χ4n) is 1.83. The minimum atomic E-state index is -0.914. The van der Waals surface area contributed by atoms with Crippen LogP contribution in [0.1, 0.15) is 43.2 Å². The van der Waals surface area contributed by atoms with Crippen LogP contribution >= 0.6 is 0 Å². The Hall–Kier alpha value is -1.62. The Kier molecular flexibility index (Phi) is 5.51. The molecule has 0 aliphatic heterocycles. The summed E-state index contributed by atoms with van der Waals surface area (Å²) in [5, 5.41) is 12.3. The largest absolute Gasteiger partial charge is 0.478 e. The standard InChI is InChI=1S/C15H25N3O2/c1-15(2,3)12-9-11(14(19)20)10-13(17-12)18(5)8-6-7-16-4/h9-10,16H,6-8H2,1-5H3,(H,19,20). The number of nitrogens with one attached hydrogen (secondary N) is 1. The van der Waals surface area contributed by atoms with Crippen LogP contribution < -0.4 is 10.2 Å². The Morgan fingerprint density at radius 1 is 1.40 bits per heavy atom. The number of hydrogen-bond acceptors (Lipinski definition) is 4. The molecule has 1 aromatic rings. The maximum Gasteiger partial charge on any atom is 0.335 e. The molecule has 0 fully saturated rings. The van der Waals surface area contributed by atoms with Gasteiger partial charge in [0.25, 0.3) is 0 Å². The Balaban J connectivity index is 3.06. The van der Waals surface area contributed by atoms with E-state index in [4.69, 9.17) is 0 Å². The van der Waals surface area contributed by atoms with Crippen LogP contribution in [0, 0.1) is 0 Å². The molecule has 0 saturated heterocycles. The second kappa shape index (κ2) is 6.70. The number of carbonyl (C=O) groups is 1. The Labute approximate surface area is 121 Å². The van der Waals surface area contributed by atoms with Gasteiger partial charge < -0.3 is 15.3 Å². The molecule has 0 aromatic carbocycles. The molecule has 0 atom stereocenters. The molecule has 1 aromatic heterocycles. The molecule has 0 radical (unpaired) electrons. The van der Waals surface area contributed by atoms with E-state index in [-0.39, 0.29) is 5.41 Å². The number of carboxylic acid groups (broad SMARTS) is 1. The van der Waals surface area contributed by atoms with Crippen molar-refractivity contribution in [1.82, 2.24) is 10.3 Å². The molecule has 0 unspecified atom stereocenters. The van der Waals surface area contributed by atoms with E-state index in [1.807, 2.05) is 39.8 Å². The molecular weight excluding hydrogens is 254 g/mol. The normalized spacial score (nSPS) is 11.4. The van der Waals surface area contributed by atoms with Gasteiger partial charge in [0.05, 0.1) is 5.56 Å². The lowest BCUT2D eigenvalue weighted by Crippen LogP contribution is -2.25. The lowest BCUT2D eigenvalue weighted by atomic mass is 9.90. The summed E-state index contributed by atoms with van der Waals surface area (Å²) in [6.45, 7) is 7.86. The summed E-state index contributed by atoms with van der Waals surface area (Å²) in [6.07, 6.45) is 0.983. The van der Waals surface area contributed by atoms with E-state index in [9.17, 15) is 9.90 Å². The minimum absolute atomic E-state index is 0.175. The third-order valence-corrected chi connectivity index (χ3v) is 3.14. The van der Waals surface area contributed by atoms with E-state index < -0.39 is 5.97 Å². The van der Waals surface area contributed by atoms with Gasteiger partial charge in [-0.3, -0.25) is 0 Å². The molecule has 5 heteroatoms. The first-order valence-electron chi connectivity index (χ1n) is 6.87. The van der Waals surface area contributed by atoms with E-state index in [1.165, 1.54) is 0 Å². The molecule has 1 rings (SSSR count). The first-order valence-corrected chi connectivity index (χ1v) is 6.87. The van der Waals surface area contributed by atoms with Crippen LogP contribution in [0.3, 0.4) is 0 Å². The number of nitrogens with zero attached hydrogens (tertiary/aromatic N) is 2. The van der Waals surface area contributed by atoms with E-state index >= 15 is 0 Å². The second-order valence-electron chi connectivity index (χ2n) is 6.03. The monoisotopic (exact) mass is 279 g/mol. The van der Waals surface area contributed by atoms with Gasteiger partial charge in [-0.25, -0.2) is 9.78 Å². The molecule has 0 aliphatic rings. The zero-order valence-electron chi connectivity index (χ0n) is 13.0. The maximum atomic E-state index is 11.3. The predicted octanol–water partition coefficient (Wildman–Crippen LogP) is 2.12. The molecule has 0 amide bonds. The van der Waals surface area contributed by atoms with Crippen LogP contribution in [0.15, 0.2) is 12.1 Å². The summed E-state index contributed by atoms with van der Waals surface area (Å²) in [5.41, 5.74) is 0.916. The molecule has 0 saturated carbocycles. The molecule has 2 N–H and O–H groups in total. The van der Waals surface area contributed by atoms with Crippen LogP contribution in [0.4, 0.5) is 5.82 Å². The van der Waals surface area contributed by atoms with Crippen molar-refractivity contribution >= 4 is 11.8 Å². The summed E-state index contributed by atoms with van der Waals surface area (Å²) < 4.78 is 0. The van der Waals surface area contributed by atoms with Crippen LogP contribution in [0.2, 0.25) is 0 Å². The molecular formula is C15H25N3O2. The van der Waals surface area contributed by atoms with Crippen LogP contribution in [0.5, 0.6) is 0 Å². The highest BCUT2D eigenvalue weighted by atomic mass is 16.4. The van der Waals surface area contributed by atoms with E-state index in [1.54, 1.807) is 12.1 Å². The van der Waals surface area contributed by atoms with Crippen LogP contribution in [-0.4, -0.2) is 43.2 Å². The fraction of sp³-hybridized carbons (Fsp3) is 0.600. The summed E-state index contributed by atoms with van der Waals surface area (Å²) >= 11 is 0. The number of aromatic carboxylic acids is 1. The molecule has 1 heterocycles. The zero-order chi connectivity index (χ0) is 15.3. The number of rotatable bonds is 6. The average molecular weight is 279 g/mol. The van der Waals surface area contributed by atoms with Gasteiger partial charge in [0, 0.05) is 24.7 Å². The highest BCUT2D eigenvalue weighted by molar-refractivity contribution is 5.88. The van der Waals surface area contributed by atoms with E-state index in [2.05, 4.69) is 10.3 Å². The highest BCUT2D eigenvalue weighted by Crippen LogP contribution is 2.24. The molecule has 0 spiro atoms. The number of anilines is 1. The molecule has 5 nitrogen and oxygen atoms in total. The molecule has 112 valence electrons.